The lowest BCUT2D eigenvalue weighted by molar-refractivity contribution is -0.110. The van der Waals surface area contributed by atoms with Crippen LogP contribution in [0.3, 0.4) is 0 Å². The zero-order valence-corrected chi connectivity index (χ0v) is 17.6. The number of likely N-dealkylation sites (N-methyl/N-ethyl adjacent to an activating group) is 1. The highest BCUT2D eigenvalue weighted by atomic mass is 32.2. The SMILES string of the molecule is CN(CCO)S(=O)(=O)c1ccc(C(=NOCCCO)C(=O)Nc2ncc(F)s2)cc1. The number of carbonyl (C=O) groups is 1. The van der Waals surface area contributed by atoms with E-state index in [1.165, 1.54) is 31.3 Å². The summed E-state index contributed by atoms with van der Waals surface area (Å²) in [4.78, 5) is 21.3. The lowest BCUT2D eigenvalue weighted by Crippen LogP contribution is -2.29. The summed E-state index contributed by atoms with van der Waals surface area (Å²) in [5.74, 6) is -0.735. The Balaban J connectivity index is 2.28. The molecule has 2 aromatic rings. The summed E-state index contributed by atoms with van der Waals surface area (Å²) in [6.45, 7) is -0.462. The highest BCUT2D eigenvalue weighted by Gasteiger charge is 2.22. The maximum Gasteiger partial charge on any atom is 0.280 e. The molecule has 13 heteroatoms. The van der Waals surface area contributed by atoms with Gasteiger partial charge in [-0.3, -0.25) is 10.1 Å². The van der Waals surface area contributed by atoms with E-state index in [9.17, 15) is 17.6 Å². The van der Waals surface area contributed by atoms with Gasteiger partial charge in [-0.25, -0.2) is 13.4 Å². The van der Waals surface area contributed by atoms with Crippen LogP contribution < -0.4 is 5.32 Å². The van der Waals surface area contributed by atoms with E-state index < -0.39 is 21.1 Å². The van der Waals surface area contributed by atoms with Gasteiger partial charge in [0.25, 0.3) is 5.91 Å². The predicted molar refractivity (Wildman–Crippen MR) is 108 cm³/mol. The average molecular weight is 461 g/mol. The highest BCUT2D eigenvalue weighted by Crippen LogP contribution is 2.18. The molecule has 2 rings (SSSR count). The lowest BCUT2D eigenvalue weighted by atomic mass is 10.1. The minimum atomic E-state index is -3.81. The van der Waals surface area contributed by atoms with Crippen LogP contribution in [0, 0.1) is 5.13 Å². The van der Waals surface area contributed by atoms with Crippen LogP contribution in [-0.4, -0.2) is 73.0 Å². The maximum absolute atomic E-state index is 13.1. The fourth-order valence-corrected chi connectivity index (χ4v) is 3.86. The molecule has 0 unspecified atom stereocenters. The molecular weight excluding hydrogens is 439 g/mol. The molecule has 1 amide bonds. The van der Waals surface area contributed by atoms with Gasteiger partial charge in [0.05, 0.1) is 17.7 Å². The van der Waals surface area contributed by atoms with E-state index in [0.717, 1.165) is 10.5 Å². The quantitative estimate of drug-likeness (QED) is 0.254. The molecule has 0 aliphatic rings. The summed E-state index contributed by atoms with van der Waals surface area (Å²) in [6, 6.07) is 5.32. The number of benzene rings is 1. The number of aromatic nitrogens is 1. The molecule has 0 saturated heterocycles. The molecule has 0 radical (unpaired) electrons. The van der Waals surface area contributed by atoms with Crippen molar-refractivity contribution in [2.75, 3.05) is 38.7 Å². The summed E-state index contributed by atoms with van der Waals surface area (Å²) in [5.41, 5.74) is 0.0634. The van der Waals surface area contributed by atoms with Crippen molar-refractivity contribution in [2.45, 2.75) is 11.3 Å². The smallest absolute Gasteiger partial charge is 0.280 e. The fraction of sp³-hybridized carbons (Fsp3) is 0.353. The van der Waals surface area contributed by atoms with Gasteiger partial charge in [-0.1, -0.05) is 28.6 Å². The summed E-state index contributed by atoms with van der Waals surface area (Å²) in [5, 5.41) is 23.4. The maximum atomic E-state index is 13.1. The first kappa shape index (κ1) is 23.8. The van der Waals surface area contributed by atoms with E-state index in [-0.39, 0.29) is 47.7 Å². The number of hydrogen-bond acceptors (Lipinski definition) is 9. The van der Waals surface area contributed by atoms with Gasteiger partial charge in [0.2, 0.25) is 10.0 Å². The highest BCUT2D eigenvalue weighted by molar-refractivity contribution is 7.89. The van der Waals surface area contributed by atoms with Gasteiger partial charge < -0.3 is 15.1 Å². The number of nitrogens with one attached hydrogen (secondary N) is 1. The number of aliphatic hydroxyl groups excluding tert-OH is 2. The Morgan fingerprint density at radius 1 is 1.30 bits per heavy atom. The summed E-state index contributed by atoms with van der Waals surface area (Å²) < 4.78 is 39.0. The number of carbonyl (C=O) groups excluding carboxylic acids is 1. The minimum absolute atomic E-state index is 0.0189. The van der Waals surface area contributed by atoms with Crippen molar-refractivity contribution in [2.24, 2.45) is 5.16 Å². The molecular formula is C17H21FN4O6S2. The number of sulfonamides is 1. The lowest BCUT2D eigenvalue weighted by Gasteiger charge is -2.16. The van der Waals surface area contributed by atoms with Crippen LogP contribution >= 0.6 is 11.3 Å². The van der Waals surface area contributed by atoms with Crippen molar-refractivity contribution in [1.29, 1.82) is 0 Å². The molecule has 1 aromatic carbocycles. The van der Waals surface area contributed by atoms with E-state index in [2.05, 4.69) is 15.5 Å². The number of amides is 1. The van der Waals surface area contributed by atoms with E-state index in [0.29, 0.717) is 17.8 Å². The summed E-state index contributed by atoms with van der Waals surface area (Å²) in [6.07, 6.45) is 1.25. The van der Waals surface area contributed by atoms with Crippen LogP contribution in [0.4, 0.5) is 9.52 Å². The van der Waals surface area contributed by atoms with E-state index in [1.54, 1.807) is 0 Å². The second-order valence-corrected chi connectivity index (χ2v) is 8.87. The zero-order chi connectivity index (χ0) is 22.1. The number of oxime groups is 1. The molecule has 1 heterocycles. The van der Waals surface area contributed by atoms with Crippen molar-refractivity contribution in [3.8, 4) is 0 Å². The number of hydrogen-bond donors (Lipinski definition) is 3. The molecule has 0 aliphatic heterocycles. The Morgan fingerprint density at radius 2 is 2.00 bits per heavy atom. The van der Waals surface area contributed by atoms with Crippen LogP contribution in [0.15, 0.2) is 40.5 Å². The normalized spacial score (nSPS) is 12.2. The van der Waals surface area contributed by atoms with Crippen molar-refractivity contribution < 1.29 is 32.7 Å². The number of thiazole rings is 1. The van der Waals surface area contributed by atoms with Crippen LogP contribution in [0.1, 0.15) is 12.0 Å². The second kappa shape index (κ2) is 11.1. The topological polar surface area (TPSA) is 141 Å². The average Bonchev–Trinajstić information content (AvgIpc) is 3.12. The Hall–Kier alpha value is -2.45. The first-order chi connectivity index (χ1) is 14.3. The molecule has 3 N–H and O–H groups in total. The molecule has 0 aliphatic carbocycles. The Kier molecular flexibility index (Phi) is 8.80. The predicted octanol–water partition coefficient (Wildman–Crippen LogP) is 0.637. The molecule has 0 saturated carbocycles. The van der Waals surface area contributed by atoms with Gasteiger partial charge in [-0.05, 0) is 12.1 Å². The Bertz CT molecular complexity index is 978. The second-order valence-electron chi connectivity index (χ2n) is 5.85. The fourth-order valence-electron chi connectivity index (χ4n) is 2.16. The van der Waals surface area contributed by atoms with Gasteiger partial charge in [0, 0.05) is 32.2 Å². The van der Waals surface area contributed by atoms with Gasteiger partial charge in [-0.2, -0.15) is 8.70 Å². The minimum Gasteiger partial charge on any atom is -0.396 e. The largest absolute Gasteiger partial charge is 0.396 e. The third kappa shape index (κ3) is 6.27. The third-order valence-electron chi connectivity index (χ3n) is 3.71. The molecule has 0 atom stereocenters. The van der Waals surface area contributed by atoms with Crippen LogP contribution in [0.25, 0.3) is 0 Å². The van der Waals surface area contributed by atoms with E-state index >= 15 is 0 Å². The molecule has 0 bridgehead atoms. The number of anilines is 1. The van der Waals surface area contributed by atoms with E-state index in [4.69, 9.17) is 15.1 Å². The van der Waals surface area contributed by atoms with Crippen LogP contribution in [-0.2, 0) is 19.7 Å². The van der Waals surface area contributed by atoms with Gasteiger partial charge in [-0.15, -0.1) is 0 Å². The first-order valence-electron chi connectivity index (χ1n) is 8.70. The summed E-state index contributed by atoms with van der Waals surface area (Å²) in [7, 11) is -2.47. The van der Waals surface area contributed by atoms with Gasteiger partial charge >= 0.3 is 0 Å². The van der Waals surface area contributed by atoms with Crippen molar-refractivity contribution in [1.82, 2.24) is 9.29 Å². The third-order valence-corrected chi connectivity index (χ3v) is 6.29. The Morgan fingerprint density at radius 3 is 2.57 bits per heavy atom. The first-order valence-corrected chi connectivity index (χ1v) is 11.0. The Labute approximate surface area is 176 Å². The zero-order valence-electron chi connectivity index (χ0n) is 16.0. The van der Waals surface area contributed by atoms with Crippen molar-refractivity contribution in [3.05, 3.63) is 41.2 Å². The molecule has 10 nitrogen and oxygen atoms in total. The van der Waals surface area contributed by atoms with Gasteiger partial charge in [0.1, 0.15) is 6.61 Å². The molecule has 0 fully saturated rings. The van der Waals surface area contributed by atoms with Crippen LogP contribution in [0.2, 0.25) is 0 Å². The molecule has 164 valence electrons. The van der Waals surface area contributed by atoms with Crippen LogP contribution in [0.5, 0.6) is 0 Å². The molecule has 0 spiro atoms. The number of nitrogens with zero attached hydrogens (tertiary/aromatic N) is 3. The standard InChI is InChI=1S/C17H21FN4O6S2/c1-22(7-9-24)30(26,27)13-5-3-12(4-6-13)15(21-28-10-2-8-23)16(25)20-17-19-11-14(18)29-17/h3-6,11,23-24H,2,7-10H2,1H3,(H,19,20,25). The number of rotatable bonds is 11. The molecule has 30 heavy (non-hydrogen) atoms. The van der Waals surface area contributed by atoms with Gasteiger partial charge in [0.15, 0.2) is 16.0 Å². The monoisotopic (exact) mass is 460 g/mol. The summed E-state index contributed by atoms with van der Waals surface area (Å²) >= 11 is 0.630. The van der Waals surface area contributed by atoms with Crippen molar-refractivity contribution in [3.63, 3.8) is 0 Å². The van der Waals surface area contributed by atoms with E-state index in [1.807, 2.05) is 0 Å². The van der Waals surface area contributed by atoms with Crippen molar-refractivity contribution >= 4 is 38.1 Å². The molecule has 1 aromatic heterocycles. The number of aliphatic hydroxyl groups is 2. The number of halogens is 1.